The van der Waals surface area contributed by atoms with Crippen molar-refractivity contribution < 1.29 is 5.11 Å². The average Bonchev–Trinajstić information content (AvgIpc) is 2.37. The van der Waals surface area contributed by atoms with E-state index >= 15 is 0 Å². The predicted octanol–water partition coefficient (Wildman–Crippen LogP) is 2.37. The molecule has 5 heteroatoms. The van der Waals surface area contributed by atoms with Gasteiger partial charge in [-0.2, -0.15) is 0 Å². The Morgan fingerprint density at radius 1 is 1.28 bits per heavy atom. The number of hydrogen-bond acceptors (Lipinski definition) is 4. The number of aryl methyl sites for hydroxylation is 1. The molecule has 1 aliphatic heterocycles. The van der Waals surface area contributed by atoms with E-state index in [4.69, 9.17) is 5.11 Å². The van der Waals surface area contributed by atoms with E-state index in [0.717, 1.165) is 37.2 Å². The average molecular weight is 331 g/mol. The third-order valence-electron chi connectivity index (χ3n) is 3.13. The largest absolute Gasteiger partial charge is 0.395 e. The monoisotopic (exact) mass is 330 g/mol. The molecule has 0 radical (unpaired) electrons. The van der Waals surface area contributed by atoms with Crippen LogP contribution in [0, 0.1) is 6.92 Å². The van der Waals surface area contributed by atoms with E-state index in [1.165, 1.54) is 10.5 Å². The molecule has 1 saturated heterocycles. The number of aliphatic hydroxyl groups is 1. The van der Waals surface area contributed by atoms with Gasteiger partial charge >= 0.3 is 0 Å². The van der Waals surface area contributed by atoms with E-state index in [2.05, 4.69) is 50.3 Å². The Labute approximate surface area is 121 Å². The van der Waals surface area contributed by atoms with Gasteiger partial charge in [-0.3, -0.25) is 4.90 Å². The van der Waals surface area contributed by atoms with Crippen LogP contribution in [0.1, 0.15) is 5.56 Å². The van der Waals surface area contributed by atoms with Crippen molar-refractivity contribution in [3.63, 3.8) is 0 Å². The van der Waals surface area contributed by atoms with Gasteiger partial charge in [0.1, 0.15) is 0 Å². The van der Waals surface area contributed by atoms with Gasteiger partial charge in [0.05, 0.1) is 6.61 Å². The topological polar surface area (TPSA) is 26.7 Å². The van der Waals surface area contributed by atoms with E-state index < -0.39 is 0 Å². The lowest BCUT2D eigenvalue weighted by Crippen LogP contribution is -2.44. The summed E-state index contributed by atoms with van der Waals surface area (Å²) >= 11 is 5.36. The molecule has 0 saturated carbocycles. The Hall–Kier alpha value is -0.0700. The van der Waals surface area contributed by atoms with Crippen molar-refractivity contribution >= 4 is 27.9 Å². The Morgan fingerprint density at radius 2 is 2.00 bits per heavy atom. The summed E-state index contributed by atoms with van der Waals surface area (Å²) in [6, 6.07) is 6.41. The third-order valence-corrected chi connectivity index (χ3v) is 4.88. The summed E-state index contributed by atoms with van der Waals surface area (Å²) in [5, 5.41) is 8.92. The fourth-order valence-corrected chi connectivity index (χ4v) is 3.53. The fourth-order valence-electron chi connectivity index (χ4n) is 2.00. The van der Waals surface area contributed by atoms with Crippen LogP contribution in [0.3, 0.4) is 0 Å². The molecule has 3 nitrogen and oxygen atoms in total. The molecular formula is C13H19BrN2OS. The molecule has 100 valence electrons. The molecule has 18 heavy (non-hydrogen) atoms. The van der Waals surface area contributed by atoms with Gasteiger partial charge < -0.3 is 5.11 Å². The fraction of sp³-hybridized carbons (Fsp3) is 0.538. The summed E-state index contributed by atoms with van der Waals surface area (Å²) in [4.78, 5) is 3.63. The second kappa shape index (κ2) is 6.91. The van der Waals surface area contributed by atoms with Crippen molar-refractivity contribution in [3.05, 3.63) is 28.2 Å². The van der Waals surface area contributed by atoms with Gasteiger partial charge in [0.25, 0.3) is 0 Å². The molecule has 0 aromatic heterocycles. The first-order chi connectivity index (χ1) is 8.69. The Balaban J connectivity index is 1.89. The van der Waals surface area contributed by atoms with E-state index in [-0.39, 0.29) is 6.61 Å². The summed E-state index contributed by atoms with van der Waals surface area (Å²) in [6.45, 7) is 7.40. The van der Waals surface area contributed by atoms with Crippen LogP contribution in [0.15, 0.2) is 27.6 Å². The van der Waals surface area contributed by atoms with Crippen LogP contribution in [0.4, 0.5) is 0 Å². The van der Waals surface area contributed by atoms with Crippen molar-refractivity contribution in [1.29, 1.82) is 0 Å². The van der Waals surface area contributed by atoms with Crippen LogP contribution in [0.5, 0.6) is 0 Å². The van der Waals surface area contributed by atoms with Crippen LogP contribution in [-0.4, -0.2) is 53.6 Å². The maximum absolute atomic E-state index is 8.92. The van der Waals surface area contributed by atoms with Crippen molar-refractivity contribution in [3.8, 4) is 0 Å². The number of benzene rings is 1. The lowest BCUT2D eigenvalue weighted by Gasteiger charge is -2.33. The van der Waals surface area contributed by atoms with Gasteiger partial charge in [-0.1, -0.05) is 22.0 Å². The molecule has 0 amide bonds. The standard InChI is InChI=1S/C13H19BrN2OS/c1-11-2-3-12(14)10-13(11)18-16-6-4-15(5-7-16)8-9-17/h2-3,10,17H,4-9H2,1H3. The van der Waals surface area contributed by atoms with E-state index in [1.807, 2.05) is 11.9 Å². The molecule has 1 aliphatic rings. The number of rotatable bonds is 4. The number of piperazine rings is 1. The molecule has 0 atom stereocenters. The van der Waals surface area contributed by atoms with Gasteiger partial charge in [-0.05, 0) is 36.6 Å². The molecule has 1 aromatic rings. The highest BCUT2D eigenvalue weighted by Crippen LogP contribution is 2.29. The van der Waals surface area contributed by atoms with E-state index in [0.29, 0.717) is 0 Å². The number of halogens is 1. The number of β-amino-alcohol motifs (C(OH)–C–C–N with tert-alkyl or cyclic N) is 1. The van der Waals surface area contributed by atoms with Gasteiger partial charge in [0, 0.05) is 42.1 Å². The highest BCUT2D eigenvalue weighted by atomic mass is 79.9. The van der Waals surface area contributed by atoms with Crippen molar-refractivity contribution in [2.75, 3.05) is 39.3 Å². The second-order valence-corrected chi connectivity index (χ2v) is 6.55. The van der Waals surface area contributed by atoms with Crippen LogP contribution in [0.25, 0.3) is 0 Å². The zero-order valence-corrected chi connectivity index (χ0v) is 13.0. The smallest absolute Gasteiger partial charge is 0.0558 e. The molecule has 1 heterocycles. The first-order valence-corrected chi connectivity index (χ1v) is 7.78. The Bertz CT molecular complexity index is 395. The SMILES string of the molecule is Cc1ccc(Br)cc1SN1CCN(CCO)CC1. The maximum atomic E-state index is 8.92. The molecule has 0 aliphatic carbocycles. The molecule has 0 spiro atoms. The van der Waals surface area contributed by atoms with Crippen LogP contribution in [-0.2, 0) is 0 Å². The highest BCUT2D eigenvalue weighted by molar-refractivity contribution is 9.10. The maximum Gasteiger partial charge on any atom is 0.0558 e. The minimum absolute atomic E-state index is 0.262. The molecular weight excluding hydrogens is 312 g/mol. The number of aliphatic hydroxyl groups excluding tert-OH is 1. The summed E-state index contributed by atoms with van der Waals surface area (Å²) in [5.41, 5.74) is 1.32. The summed E-state index contributed by atoms with van der Waals surface area (Å²) in [5.74, 6) is 0. The van der Waals surface area contributed by atoms with Gasteiger partial charge in [0.15, 0.2) is 0 Å². The zero-order chi connectivity index (χ0) is 13.0. The lowest BCUT2D eigenvalue weighted by atomic mass is 10.2. The first kappa shape index (κ1) is 14.3. The van der Waals surface area contributed by atoms with Gasteiger partial charge in [-0.25, -0.2) is 4.31 Å². The molecule has 1 fully saturated rings. The van der Waals surface area contributed by atoms with Crippen LogP contribution in [0.2, 0.25) is 0 Å². The predicted molar refractivity (Wildman–Crippen MR) is 79.8 cm³/mol. The van der Waals surface area contributed by atoms with Crippen molar-refractivity contribution in [1.82, 2.24) is 9.21 Å². The zero-order valence-electron chi connectivity index (χ0n) is 10.6. The van der Waals surface area contributed by atoms with E-state index in [9.17, 15) is 0 Å². The van der Waals surface area contributed by atoms with Crippen molar-refractivity contribution in [2.45, 2.75) is 11.8 Å². The Morgan fingerprint density at radius 3 is 2.67 bits per heavy atom. The van der Waals surface area contributed by atoms with Gasteiger partial charge in [-0.15, -0.1) is 0 Å². The first-order valence-electron chi connectivity index (χ1n) is 6.21. The summed E-state index contributed by atoms with van der Waals surface area (Å²) in [7, 11) is 0. The van der Waals surface area contributed by atoms with Gasteiger partial charge in [0.2, 0.25) is 0 Å². The van der Waals surface area contributed by atoms with Crippen LogP contribution >= 0.6 is 27.9 Å². The second-order valence-electron chi connectivity index (χ2n) is 4.50. The molecule has 1 aromatic carbocycles. The number of hydrogen-bond donors (Lipinski definition) is 1. The lowest BCUT2D eigenvalue weighted by molar-refractivity contribution is 0.156. The quantitative estimate of drug-likeness (QED) is 0.857. The van der Waals surface area contributed by atoms with E-state index in [1.54, 1.807) is 0 Å². The number of nitrogens with zero attached hydrogens (tertiary/aromatic N) is 2. The summed E-state index contributed by atoms with van der Waals surface area (Å²) in [6.07, 6.45) is 0. The summed E-state index contributed by atoms with van der Waals surface area (Å²) < 4.78 is 3.54. The van der Waals surface area contributed by atoms with Crippen molar-refractivity contribution in [2.24, 2.45) is 0 Å². The minimum atomic E-state index is 0.262. The molecule has 1 N–H and O–H groups in total. The Kier molecular flexibility index (Phi) is 5.51. The molecule has 2 rings (SSSR count). The minimum Gasteiger partial charge on any atom is -0.395 e. The third kappa shape index (κ3) is 3.96. The highest BCUT2D eigenvalue weighted by Gasteiger charge is 2.17. The molecule has 0 bridgehead atoms. The van der Waals surface area contributed by atoms with Crippen LogP contribution < -0.4 is 0 Å². The normalized spacial score (nSPS) is 18.2. The molecule has 0 unspecified atom stereocenters.